The summed E-state index contributed by atoms with van der Waals surface area (Å²) in [5, 5.41) is 9.50. The summed E-state index contributed by atoms with van der Waals surface area (Å²) < 4.78 is 0. The molecule has 1 atom stereocenters. The summed E-state index contributed by atoms with van der Waals surface area (Å²) in [4.78, 5) is 19.6. The molecule has 6 heteroatoms. The molecule has 23 heavy (non-hydrogen) atoms. The molecule has 2 aliphatic carbocycles. The van der Waals surface area contributed by atoms with E-state index >= 15 is 0 Å². The molecule has 1 saturated heterocycles. The highest BCUT2D eigenvalue weighted by molar-refractivity contribution is 7.09. The standard InChI is InChI=1S/C17H26N4OS/c1-11-10-23-16(18-11)15(12-2-3-12)20-17(22)19-13-6-8-21(9-7-13)14-4-5-14/h10,12-15H,2-9H2,1H3,(H2,19,20,22). The number of nitrogens with one attached hydrogen (secondary N) is 2. The van der Waals surface area contributed by atoms with Crippen molar-refractivity contribution in [2.75, 3.05) is 13.1 Å². The minimum atomic E-state index is -0.0142. The fraction of sp³-hybridized carbons (Fsp3) is 0.765. The number of rotatable bonds is 5. The van der Waals surface area contributed by atoms with E-state index in [1.807, 2.05) is 6.92 Å². The summed E-state index contributed by atoms with van der Waals surface area (Å²) in [6.45, 7) is 4.28. The van der Waals surface area contributed by atoms with Crippen molar-refractivity contribution in [2.45, 2.75) is 63.6 Å². The number of nitrogens with zero attached hydrogens (tertiary/aromatic N) is 2. The normalized spacial score (nSPS) is 24.4. The van der Waals surface area contributed by atoms with Crippen LogP contribution in [0.25, 0.3) is 0 Å². The first-order valence-electron chi connectivity index (χ1n) is 8.92. The molecule has 3 aliphatic rings. The molecule has 0 radical (unpaired) electrons. The first-order chi connectivity index (χ1) is 11.2. The molecule has 0 bridgehead atoms. The summed E-state index contributed by atoms with van der Waals surface area (Å²) in [5.74, 6) is 0.572. The van der Waals surface area contributed by atoms with Crippen molar-refractivity contribution in [3.05, 3.63) is 16.1 Å². The minimum absolute atomic E-state index is 0.0142. The van der Waals surface area contributed by atoms with Gasteiger partial charge >= 0.3 is 6.03 Å². The molecule has 126 valence electrons. The Morgan fingerprint density at radius 3 is 2.57 bits per heavy atom. The summed E-state index contributed by atoms with van der Waals surface area (Å²) in [6.07, 6.45) is 7.29. The molecule has 2 heterocycles. The number of hydrogen-bond donors (Lipinski definition) is 2. The van der Waals surface area contributed by atoms with Crippen molar-refractivity contribution in [3.8, 4) is 0 Å². The van der Waals surface area contributed by atoms with Crippen LogP contribution in [0.2, 0.25) is 0 Å². The van der Waals surface area contributed by atoms with Crippen LogP contribution in [0.5, 0.6) is 0 Å². The SMILES string of the molecule is Cc1csc(C(NC(=O)NC2CCN(C3CC3)CC2)C2CC2)n1. The zero-order valence-corrected chi connectivity index (χ0v) is 14.6. The fourth-order valence-electron chi connectivity index (χ4n) is 3.54. The Hall–Kier alpha value is -1.14. The summed E-state index contributed by atoms with van der Waals surface area (Å²) in [7, 11) is 0. The number of carbonyl (C=O) groups is 1. The van der Waals surface area contributed by atoms with Crippen molar-refractivity contribution >= 4 is 17.4 Å². The third kappa shape index (κ3) is 3.86. The molecule has 0 aromatic carbocycles. The highest BCUT2D eigenvalue weighted by Crippen LogP contribution is 2.41. The lowest BCUT2D eigenvalue weighted by atomic mass is 10.1. The van der Waals surface area contributed by atoms with Gasteiger partial charge in [0.1, 0.15) is 5.01 Å². The van der Waals surface area contributed by atoms with Gasteiger partial charge in [0, 0.05) is 36.2 Å². The van der Waals surface area contributed by atoms with Crippen LogP contribution in [-0.2, 0) is 0 Å². The van der Waals surface area contributed by atoms with Gasteiger partial charge in [0.15, 0.2) is 0 Å². The van der Waals surface area contributed by atoms with Gasteiger partial charge in [0.2, 0.25) is 0 Å². The van der Waals surface area contributed by atoms with E-state index in [4.69, 9.17) is 0 Å². The zero-order chi connectivity index (χ0) is 15.8. The highest BCUT2D eigenvalue weighted by atomic mass is 32.1. The molecule has 3 fully saturated rings. The largest absolute Gasteiger partial charge is 0.335 e. The van der Waals surface area contributed by atoms with Gasteiger partial charge in [-0.2, -0.15) is 0 Å². The molecule has 1 aromatic heterocycles. The zero-order valence-electron chi connectivity index (χ0n) is 13.8. The van der Waals surface area contributed by atoms with Crippen LogP contribution in [-0.4, -0.2) is 41.1 Å². The van der Waals surface area contributed by atoms with Crippen molar-refractivity contribution in [3.63, 3.8) is 0 Å². The van der Waals surface area contributed by atoms with Gasteiger partial charge in [-0.05, 0) is 51.4 Å². The smallest absolute Gasteiger partial charge is 0.315 e. The predicted molar refractivity (Wildman–Crippen MR) is 91.6 cm³/mol. The quantitative estimate of drug-likeness (QED) is 0.870. The molecule has 2 amide bonds. The number of aromatic nitrogens is 1. The first-order valence-corrected chi connectivity index (χ1v) is 9.80. The Morgan fingerprint density at radius 1 is 1.26 bits per heavy atom. The third-order valence-corrected chi connectivity index (χ3v) is 6.26. The van der Waals surface area contributed by atoms with Crippen LogP contribution in [0.15, 0.2) is 5.38 Å². The number of likely N-dealkylation sites (tertiary alicyclic amines) is 1. The molecule has 5 nitrogen and oxygen atoms in total. The Kier molecular flexibility index (Phi) is 4.28. The lowest BCUT2D eigenvalue weighted by Gasteiger charge is -2.32. The van der Waals surface area contributed by atoms with Crippen LogP contribution < -0.4 is 10.6 Å². The van der Waals surface area contributed by atoms with Crippen LogP contribution in [0, 0.1) is 12.8 Å². The van der Waals surface area contributed by atoms with Crippen molar-refractivity contribution in [1.82, 2.24) is 20.5 Å². The summed E-state index contributed by atoms with van der Waals surface area (Å²) in [6, 6.07) is 1.25. The molecule has 1 unspecified atom stereocenters. The molecular weight excluding hydrogens is 308 g/mol. The van der Waals surface area contributed by atoms with E-state index in [9.17, 15) is 4.79 Å². The van der Waals surface area contributed by atoms with Gasteiger partial charge in [0.05, 0.1) is 6.04 Å². The Bertz CT molecular complexity index is 559. The van der Waals surface area contributed by atoms with E-state index in [1.165, 1.54) is 25.7 Å². The van der Waals surface area contributed by atoms with Gasteiger partial charge in [-0.15, -0.1) is 11.3 Å². The molecule has 0 spiro atoms. The maximum absolute atomic E-state index is 12.4. The van der Waals surface area contributed by atoms with Crippen LogP contribution in [0.3, 0.4) is 0 Å². The van der Waals surface area contributed by atoms with E-state index in [0.29, 0.717) is 12.0 Å². The second-order valence-electron chi connectivity index (χ2n) is 7.30. The maximum atomic E-state index is 12.4. The topological polar surface area (TPSA) is 57.3 Å². The number of amides is 2. The average Bonchev–Trinajstić information content (AvgIpc) is 3.44. The van der Waals surface area contributed by atoms with Crippen LogP contribution in [0.1, 0.15) is 55.3 Å². The predicted octanol–water partition coefficient (Wildman–Crippen LogP) is 2.83. The van der Waals surface area contributed by atoms with Gasteiger partial charge in [0.25, 0.3) is 0 Å². The number of hydrogen-bond acceptors (Lipinski definition) is 4. The molecule has 1 aromatic rings. The number of piperidine rings is 1. The first kappa shape index (κ1) is 15.4. The van der Waals surface area contributed by atoms with E-state index < -0.39 is 0 Å². The second-order valence-corrected chi connectivity index (χ2v) is 8.19. The Morgan fingerprint density at radius 2 is 2.00 bits per heavy atom. The molecular formula is C17H26N4OS. The third-order valence-electron chi connectivity index (χ3n) is 5.21. The van der Waals surface area contributed by atoms with Gasteiger partial charge in [-0.3, -0.25) is 0 Å². The number of carbonyl (C=O) groups excluding carboxylic acids is 1. The second kappa shape index (κ2) is 6.40. The van der Waals surface area contributed by atoms with E-state index in [1.54, 1.807) is 11.3 Å². The monoisotopic (exact) mass is 334 g/mol. The van der Waals surface area contributed by atoms with Gasteiger partial charge < -0.3 is 15.5 Å². The fourth-order valence-corrected chi connectivity index (χ4v) is 4.48. The van der Waals surface area contributed by atoms with Gasteiger partial charge in [-0.1, -0.05) is 0 Å². The molecule has 4 rings (SSSR count). The lowest BCUT2D eigenvalue weighted by Crippen LogP contribution is -2.49. The lowest BCUT2D eigenvalue weighted by molar-refractivity contribution is 0.184. The van der Waals surface area contributed by atoms with E-state index in [0.717, 1.165) is 42.7 Å². The average molecular weight is 334 g/mol. The van der Waals surface area contributed by atoms with Crippen LogP contribution in [0.4, 0.5) is 4.79 Å². The number of urea groups is 1. The Balaban J connectivity index is 1.28. The minimum Gasteiger partial charge on any atom is -0.335 e. The highest BCUT2D eigenvalue weighted by Gasteiger charge is 2.36. The molecule has 2 N–H and O–H groups in total. The van der Waals surface area contributed by atoms with Gasteiger partial charge in [-0.25, -0.2) is 9.78 Å². The van der Waals surface area contributed by atoms with Crippen molar-refractivity contribution < 1.29 is 4.79 Å². The van der Waals surface area contributed by atoms with Crippen LogP contribution >= 0.6 is 11.3 Å². The number of aryl methyl sites for hydroxylation is 1. The maximum Gasteiger partial charge on any atom is 0.315 e. The molecule has 2 saturated carbocycles. The number of thiazole rings is 1. The summed E-state index contributed by atoms with van der Waals surface area (Å²) in [5.41, 5.74) is 1.05. The summed E-state index contributed by atoms with van der Waals surface area (Å²) >= 11 is 1.66. The van der Waals surface area contributed by atoms with E-state index in [2.05, 4.69) is 25.9 Å². The van der Waals surface area contributed by atoms with E-state index in [-0.39, 0.29) is 12.1 Å². The Labute approximate surface area is 141 Å². The van der Waals surface area contributed by atoms with Crippen molar-refractivity contribution in [1.29, 1.82) is 0 Å². The van der Waals surface area contributed by atoms with Crippen molar-refractivity contribution in [2.24, 2.45) is 5.92 Å². The molecule has 1 aliphatic heterocycles.